The number of amides is 1. The highest BCUT2D eigenvalue weighted by Gasteiger charge is 1.97. The van der Waals surface area contributed by atoms with Crippen molar-refractivity contribution in [2.45, 2.75) is 25.7 Å². The number of terminal acetylenes is 1. The Bertz CT molecular complexity index is 160. The van der Waals surface area contributed by atoms with Gasteiger partial charge in [-0.3, -0.25) is 4.79 Å². The summed E-state index contributed by atoms with van der Waals surface area (Å²) in [6.45, 7) is 0.810. The molecule has 0 fully saturated rings. The van der Waals surface area contributed by atoms with Crippen molar-refractivity contribution in [1.82, 2.24) is 5.32 Å². The average Bonchev–Trinajstić information content (AvgIpc) is 2.09. The van der Waals surface area contributed by atoms with Gasteiger partial charge >= 0.3 is 0 Å². The van der Waals surface area contributed by atoms with Gasteiger partial charge in [0.25, 0.3) is 0 Å². The van der Waals surface area contributed by atoms with Crippen molar-refractivity contribution in [2.24, 2.45) is 0 Å². The van der Waals surface area contributed by atoms with Crippen LogP contribution in [0, 0.1) is 12.3 Å². The third-order valence-corrected chi connectivity index (χ3v) is 1.40. The molecule has 0 aromatic heterocycles. The third kappa shape index (κ3) is 7.10. The summed E-state index contributed by atoms with van der Waals surface area (Å²) < 4.78 is 0. The molecule has 12 heavy (non-hydrogen) atoms. The van der Waals surface area contributed by atoms with Crippen LogP contribution in [0.1, 0.15) is 25.7 Å². The van der Waals surface area contributed by atoms with Crippen molar-refractivity contribution >= 4 is 5.91 Å². The summed E-state index contributed by atoms with van der Waals surface area (Å²) in [6.07, 6.45) is 7.43. The molecule has 2 N–H and O–H groups in total. The third-order valence-electron chi connectivity index (χ3n) is 1.40. The number of aliphatic hydroxyl groups excluding tert-OH is 1. The lowest BCUT2D eigenvalue weighted by atomic mass is 10.3. The number of carbonyl (C=O) groups is 1. The zero-order valence-corrected chi connectivity index (χ0v) is 7.18. The molecule has 3 nitrogen and oxygen atoms in total. The van der Waals surface area contributed by atoms with Crippen molar-refractivity contribution in [3.8, 4) is 12.3 Å². The highest BCUT2D eigenvalue weighted by molar-refractivity contribution is 5.76. The van der Waals surface area contributed by atoms with Gasteiger partial charge in [-0.15, -0.1) is 12.3 Å². The van der Waals surface area contributed by atoms with Gasteiger partial charge in [-0.05, 0) is 12.8 Å². The number of rotatable bonds is 6. The minimum absolute atomic E-state index is 0.00844. The van der Waals surface area contributed by atoms with E-state index in [0.29, 0.717) is 19.4 Å². The summed E-state index contributed by atoms with van der Waals surface area (Å²) >= 11 is 0. The molecule has 0 bridgehead atoms. The molecule has 0 unspecified atom stereocenters. The Morgan fingerprint density at radius 3 is 2.83 bits per heavy atom. The number of hydrogen-bond acceptors (Lipinski definition) is 2. The second-order valence-electron chi connectivity index (χ2n) is 2.48. The Morgan fingerprint density at radius 2 is 2.25 bits per heavy atom. The topological polar surface area (TPSA) is 49.3 Å². The molecule has 0 saturated heterocycles. The first-order valence-electron chi connectivity index (χ1n) is 4.12. The maximum atomic E-state index is 10.9. The van der Waals surface area contributed by atoms with Crippen LogP contribution in [-0.4, -0.2) is 24.2 Å². The molecular formula is C9H15NO2. The molecule has 0 radical (unpaired) electrons. The van der Waals surface area contributed by atoms with Crippen LogP contribution >= 0.6 is 0 Å². The average molecular weight is 169 g/mol. The minimum Gasteiger partial charge on any atom is -0.396 e. The van der Waals surface area contributed by atoms with E-state index in [1.807, 2.05) is 0 Å². The second kappa shape index (κ2) is 8.09. The quantitative estimate of drug-likeness (QED) is 0.443. The lowest BCUT2D eigenvalue weighted by Crippen LogP contribution is -2.23. The van der Waals surface area contributed by atoms with Gasteiger partial charge in [-0.1, -0.05) is 0 Å². The van der Waals surface area contributed by atoms with Gasteiger partial charge in [0.05, 0.1) is 0 Å². The van der Waals surface area contributed by atoms with E-state index in [9.17, 15) is 4.79 Å². The van der Waals surface area contributed by atoms with Crippen LogP contribution in [-0.2, 0) is 4.79 Å². The normalized spacial score (nSPS) is 9.00. The molecule has 0 aliphatic rings. The maximum absolute atomic E-state index is 10.9. The van der Waals surface area contributed by atoms with Gasteiger partial charge in [0.1, 0.15) is 0 Å². The van der Waals surface area contributed by atoms with Crippen LogP contribution in [0.2, 0.25) is 0 Å². The minimum atomic E-state index is -0.00844. The molecule has 3 heteroatoms. The predicted octanol–water partition coefficient (Wildman–Crippen LogP) is 0.288. The molecule has 0 aliphatic carbocycles. The molecule has 68 valence electrons. The van der Waals surface area contributed by atoms with Crippen molar-refractivity contribution in [3.63, 3.8) is 0 Å². The van der Waals surface area contributed by atoms with E-state index in [-0.39, 0.29) is 12.5 Å². The Morgan fingerprint density at radius 1 is 1.50 bits per heavy atom. The summed E-state index contributed by atoms with van der Waals surface area (Å²) in [5, 5.41) is 11.1. The maximum Gasteiger partial charge on any atom is 0.220 e. The fourth-order valence-electron chi connectivity index (χ4n) is 0.739. The summed E-state index contributed by atoms with van der Waals surface area (Å²) in [7, 11) is 0. The van der Waals surface area contributed by atoms with Crippen molar-refractivity contribution < 1.29 is 9.90 Å². The standard InChI is InChI=1S/C9H15NO2/c1-2-3-6-9(12)10-7-4-5-8-11/h1,11H,3-8H2,(H,10,12). The molecule has 0 spiro atoms. The molecule has 0 aromatic carbocycles. The van der Waals surface area contributed by atoms with Crippen molar-refractivity contribution in [1.29, 1.82) is 0 Å². The first-order chi connectivity index (χ1) is 5.81. The number of unbranched alkanes of at least 4 members (excludes halogenated alkanes) is 1. The smallest absolute Gasteiger partial charge is 0.220 e. The molecule has 0 aliphatic heterocycles. The molecule has 0 atom stereocenters. The van der Waals surface area contributed by atoms with Gasteiger partial charge in [-0.25, -0.2) is 0 Å². The summed E-state index contributed by atoms with van der Waals surface area (Å²) in [4.78, 5) is 10.9. The number of nitrogens with one attached hydrogen (secondary N) is 1. The Labute approximate surface area is 73.2 Å². The molecule has 0 heterocycles. The SMILES string of the molecule is C#CCCC(=O)NCCCCO. The Balaban J connectivity index is 3.15. The van der Waals surface area contributed by atoms with E-state index in [1.54, 1.807) is 0 Å². The first kappa shape index (κ1) is 11.0. The lowest BCUT2D eigenvalue weighted by molar-refractivity contribution is -0.120. The van der Waals surface area contributed by atoms with Gasteiger partial charge < -0.3 is 10.4 Å². The Kier molecular flexibility index (Phi) is 7.41. The number of carbonyl (C=O) groups excluding carboxylic acids is 1. The summed E-state index contributed by atoms with van der Waals surface area (Å²) in [5.74, 6) is 2.39. The molecule has 1 amide bonds. The van der Waals surface area contributed by atoms with E-state index >= 15 is 0 Å². The summed E-state index contributed by atoms with van der Waals surface area (Å²) in [6, 6.07) is 0. The largest absolute Gasteiger partial charge is 0.396 e. The Hall–Kier alpha value is -1.01. The molecule has 0 saturated carbocycles. The van der Waals surface area contributed by atoms with E-state index in [0.717, 1.165) is 12.8 Å². The van der Waals surface area contributed by atoms with E-state index < -0.39 is 0 Å². The van der Waals surface area contributed by atoms with E-state index in [4.69, 9.17) is 11.5 Å². The monoisotopic (exact) mass is 169 g/mol. The number of hydrogen-bond donors (Lipinski definition) is 2. The molecule has 0 rings (SSSR count). The van der Waals surface area contributed by atoms with Crippen LogP contribution in [0.5, 0.6) is 0 Å². The van der Waals surface area contributed by atoms with E-state index in [2.05, 4.69) is 11.2 Å². The predicted molar refractivity (Wildman–Crippen MR) is 47.4 cm³/mol. The lowest BCUT2D eigenvalue weighted by Gasteiger charge is -2.01. The van der Waals surface area contributed by atoms with Crippen LogP contribution in [0.4, 0.5) is 0 Å². The summed E-state index contributed by atoms with van der Waals surface area (Å²) in [5.41, 5.74) is 0. The van der Waals surface area contributed by atoms with Crippen molar-refractivity contribution in [3.05, 3.63) is 0 Å². The van der Waals surface area contributed by atoms with E-state index in [1.165, 1.54) is 0 Å². The fourth-order valence-corrected chi connectivity index (χ4v) is 0.739. The van der Waals surface area contributed by atoms with Crippen LogP contribution in [0.25, 0.3) is 0 Å². The number of aliphatic hydroxyl groups is 1. The fraction of sp³-hybridized carbons (Fsp3) is 0.667. The van der Waals surface area contributed by atoms with Crippen LogP contribution < -0.4 is 5.32 Å². The zero-order chi connectivity index (χ0) is 9.23. The van der Waals surface area contributed by atoms with Gasteiger partial charge in [-0.2, -0.15) is 0 Å². The molecule has 0 aromatic rings. The van der Waals surface area contributed by atoms with Crippen LogP contribution in [0.3, 0.4) is 0 Å². The van der Waals surface area contributed by atoms with Gasteiger partial charge in [0.15, 0.2) is 0 Å². The highest BCUT2D eigenvalue weighted by atomic mass is 16.2. The van der Waals surface area contributed by atoms with Crippen molar-refractivity contribution in [2.75, 3.05) is 13.2 Å². The molecular weight excluding hydrogens is 154 g/mol. The second-order valence-corrected chi connectivity index (χ2v) is 2.48. The van der Waals surface area contributed by atoms with Gasteiger partial charge in [0, 0.05) is 26.0 Å². The zero-order valence-electron chi connectivity index (χ0n) is 7.18. The first-order valence-corrected chi connectivity index (χ1v) is 4.12. The van der Waals surface area contributed by atoms with Gasteiger partial charge in [0.2, 0.25) is 5.91 Å². The van der Waals surface area contributed by atoms with Crippen LogP contribution in [0.15, 0.2) is 0 Å². The highest BCUT2D eigenvalue weighted by Crippen LogP contribution is 1.88.